The maximum Gasteiger partial charge on any atom is 0.338 e. The maximum absolute atomic E-state index is 12.9. The van der Waals surface area contributed by atoms with Gasteiger partial charge in [0.1, 0.15) is 0 Å². The fourth-order valence-corrected chi connectivity index (χ4v) is 3.19. The lowest BCUT2D eigenvalue weighted by Gasteiger charge is -2.28. The van der Waals surface area contributed by atoms with Gasteiger partial charge in [-0.2, -0.15) is 0 Å². The summed E-state index contributed by atoms with van der Waals surface area (Å²) < 4.78 is 1.68. The first kappa shape index (κ1) is 17.1. The monoisotopic (exact) mass is 452 g/mol. The van der Waals surface area contributed by atoms with Crippen LogP contribution in [-0.4, -0.2) is 22.8 Å². The molecule has 0 saturated carbocycles. The smallest absolute Gasteiger partial charge is 0.338 e. The first-order chi connectivity index (χ1) is 11.4. The first-order valence-corrected chi connectivity index (χ1v) is 8.89. The van der Waals surface area contributed by atoms with Crippen LogP contribution in [0, 0.1) is 0 Å². The molecule has 1 N–H and O–H groups in total. The number of carbonyl (C=O) groups excluding carboxylic acids is 2. The molecule has 1 fully saturated rings. The van der Waals surface area contributed by atoms with Crippen molar-refractivity contribution in [2.24, 2.45) is 0 Å². The van der Waals surface area contributed by atoms with Crippen LogP contribution in [0.3, 0.4) is 0 Å². The zero-order valence-corrected chi connectivity index (χ0v) is 15.9. The molecule has 3 rings (SSSR count). The summed E-state index contributed by atoms with van der Waals surface area (Å²) in [6, 6.07) is 13.1. The Bertz CT molecular complexity index is 792. The van der Waals surface area contributed by atoms with Crippen molar-refractivity contribution in [3.05, 3.63) is 57.5 Å². The highest BCUT2D eigenvalue weighted by molar-refractivity contribution is 9.10. The van der Waals surface area contributed by atoms with Crippen molar-refractivity contribution in [3.63, 3.8) is 0 Å². The molecule has 0 spiro atoms. The Labute approximate surface area is 156 Å². The van der Waals surface area contributed by atoms with Crippen molar-refractivity contribution >= 4 is 55.2 Å². The molecule has 0 radical (unpaired) electrons. The van der Waals surface area contributed by atoms with Crippen molar-refractivity contribution in [2.75, 3.05) is 9.80 Å². The van der Waals surface area contributed by atoms with Crippen molar-refractivity contribution < 1.29 is 14.7 Å². The Morgan fingerprint density at radius 3 is 1.83 bits per heavy atom. The van der Waals surface area contributed by atoms with Gasteiger partial charge in [0.2, 0.25) is 5.72 Å². The third kappa shape index (κ3) is 2.66. The third-order valence-electron chi connectivity index (χ3n) is 3.96. The average Bonchev–Trinajstić information content (AvgIpc) is 2.77. The van der Waals surface area contributed by atoms with Gasteiger partial charge < -0.3 is 5.11 Å². The minimum Gasteiger partial charge on any atom is -0.363 e. The molecule has 1 atom stereocenters. The second-order valence-corrected chi connectivity index (χ2v) is 7.21. The summed E-state index contributed by atoms with van der Waals surface area (Å²) in [7, 11) is 0. The Kier molecular flexibility index (Phi) is 4.50. The molecule has 2 aromatic carbocycles. The zero-order chi connectivity index (χ0) is 17.5. The number of benzene rings is 2. The number of anilines is 2. The third-order valence-corrected chi connectivity index (χ3v) is 5.02. The largest absolute Gasteiger partial charge is 0.363 e. The van der Waals surface area contributed by atoms with Crippen LogP contribution in [0.1, 0.15) is 13.3 Å². The topological polar surface area (TPSA) is 60.9 Å². The number of carbonyl (C=O) groups is 2. The van der Waals surface area contributed by atoms with Crippen LogP contribution >= 0.6 is 31.9 Å². The zero-order valence-electron chi connectivity index (χ0n) is 12.7. The number of nitrogens with zero attached hydrogens (tertiary/aromatic N) is 2. The van der Waals surface area contributed by atoms with Crippen LogP contribution in [0.4, 0.5) is 16.2 Å². The van der Waals surface area contributed by atoms with Gasteiger partial charge in [0.25, 0.3) is 5.91 Å². The van der Waals surface area contributed by atoms with Gasteiger partial charge in [0, 0.05) is 21.1 Å². The molecule has 7 heteroatoms. The highest BCUT2D eigenvalue weighted by Crippen LogP contribution is 2.37. The SMILES string of the molecule is CCC1(O)C(=O)N(c2ccc(Br)cc2)C(=O)N1c1ccc(Br)cc1. The number of imide groups is 1. The normalized spacial score (nSPS) is 20.8. The molecule has 2 aromatic rings. The van der Waals surface area contributed by atoms with Crippen LogP contribution in [0.25, 0.3) is 0 Å². The molecule has 0 aromatic heterocycles. The van der Waals surface area contributed by atoms with E-state index in [9.17, 15) is 14.7 Å². The van der Waals surface area contributed by atoms with Gasteiger partial charge in [0.05, 0.1) is 5.69 Å². The van der Waals surface area contributed by atoms with Crippen molar-refractivity contribution in [1.29, 1.82) is 0 Å². The number of aliphatic hydroxyl groups is 1. The van der Waals surface area contributed by atoms with Gasteiger partial charge in [0.15, 0.2) is 0 Å². The molecule has 1 saturated heterocycles. The van der Waals surface area contributed by atoms with Crippen LogP contribution in [0.2, 0.25) is 0 Å². The summed E-state index contributed by atoms with van der Waals surface area (Å²) in [5.74, 6) is -0.653. The summed E-state index contributed by atoms with van der Waals surface area (Å²) in [5.41, 5.74) is -1.03. The van der Waals surface area contributed by atoms with Gasteiger partial charge in [-0.3, -0.25) is 9.69 Å². The van der Waals surface area contributed by atoms with E-state index in [0.29, 0.717) is 11.4 Å². The Balaban J connectivity index is 2.09. The summed E-state index contributed by atoms with van der Waals surface area (Å²) in [6.07, 6.45) is 0.0840. The predicted molar refractivity (Wildman–Crippen MR) is 98.9 cm³/mol. The number of amides is 3. The fraction of sp³-hybridized carbons (Fsp3) is 0.176. The van der Waals surface area contributed by atoms with Gasteiger partial charge in [-0.25, -0.2) is 9.69 Å². The fourth-order valence-electron chi connectivity index (χ4n) is 2.66. The lowest BCUT2D eigenvalue weighted by molar-refractivity contribution is -0.133. The summed E-state index contributed by atoms with van der Waals surface area (Å²) in [6.45, 7) is 1.67. The molecule has 1 aliphatic rings. The number of rotatable bonds is 3. The summed E-state index contributed by atoms with van der Waals surface area (Å²) in [5, 5.41) is 10.9. The molecule has 124 valence electrons. The summed E-state index contributed by atoms with van der Waals surface area (Å²) in [4.78, 5) is 27.9. The molecule has 5 nitrogen and oxygen atoms in total. The standard InChI is InChI=1S/C17H14Br2N2O3/c1-2-17(24)15(22)20(13-7-3-11(18)4-8-13)16(23)21(17)14-9-5-12(19)6-10-14/h3-10,24H,2H2,1H3. The van der Waals surface area contributed by atoms with E-state index in [1.54, 1.807) is 55.5 Å². The molecule has 3 amide bonds. The van der Waals surface area contributed by atoms with Crippen LogP contribution in [0.5, 0.6) is 0 Å². The van der Waals surface area contributed by atoms with E-state index in [1.165, 1.54) is 0 Å². The van der Waals surface area contributed by atoms with E-state index in [-0.39, 0.29) is 6.42 Å². The highest BCUT2D eigenvalue weighted by Gasteiger charge is 2.56. The van der Waals surface area contributed by atoms with Gasteiger partial charge in [-0.1, -0.05) is 38.8 Å². The van der Waals surface area contributed by atoms with Crippen LogP contribution in [0.15, 0.2) is 57.5 Å². The molecule has 0 bridgehead atoms. The molecular weight excluding hydrogens is 440 g/mol. The molecule has 24 heavy (non-hydrogen) atoms. The minimum atomic E-state index is -1.90. The second kappa shape index (κ2) is 6.31. The lowest BCUT2D eigenvalue weighted by Crippen LogP contribution is -2.49. The predicted octanol–water partition coefficient (Wildman–Crippen LogP) is 4.28. The molecule has 1 heterocycles. The molecule has 0 aliphatic carbocycles. The van der Waals surface area contributed by atoms with Crippen molar-refractivity contribution in [1.82, 2.24) is 0 Å². The highest BCUT2D eigenvalue weighted by atomic mass is 79.9. The van der Waals surface area contributed by atoms with Gasteiger partial charge >= 0.3 is 6.03 Å². The maximum atomic E-state index is 12.9. The molecule has 1 unspecified atom stereocenters. The second-order valence-electron chi connectivity index (χ2n) is 5.38. The van der Waals surface area contributed by atoms with Crippen molar-refractivity contribution in [3.8, 4) is 0 Å². The number of hydrogen-bond donors (Lipinski definition) is 1. The first-order valence-electron chi connectivity index (χ1n) is 7.30. The van der Waals surface area contributed by atoms with Crippen LogP contribution < -0.4 is 9.80 Å². The molecule has 1 aliphatic heterocycles. The van der Waals surface area contributed by atoms with E-state index < -0.39 is 17.7 Å². The van der Waals surface area contributed by atoms with E-state index in [1.807, 2.05) is 0 Å². The van der Waals surface area contributed by atoms with E-state index in [2.05, 4.69) is 31.9 Å². The van der Waals surface area contributed by atoms with Crippen molar-refractivity contribution in [2.45, 2.75) is 19.1 Å². The average molecular weight is 454 g/mol. The van der Waals surface area contributed by atoms with Gasteiger partial charge in [-0.05, 0) is 48.5 Å². The number of halogens is 2. The van der Waals surface area contributed by atoms with Crippen LogP contribution in [-0.2, 0) is 4.79 Å². The minimum absolute atomic E-state index is 0.0840. The van der Waals surface area contributed by atoms with Gasteiger partial charge in [-0.15, -0.1) is 0 Å². The Morgan fingerprint density at radius 1 is 0.917 bits per heavy atom. The number of hydrogen-bond acceptors (Lipinski definition) is 3. The quantitative estimate of drug-likeness (QED) is 0.705. The summed E-state index contributed by atoms with van der Waals surface area (Å²) >= 11 is 6.66. The Morgan fingerprint density at radius 2 is 1.38 bits per heavy atom. The van der Waals surface area contributed by atoms with E-state index >= 15 is 0 Å². The number of urea groups is 1. The van der Waals surface area contributed by atoms with E-state index in [4.69, 9.17) is 0 Å². The molecular formula is C17H14Br2N2O3. The Hall–Kier alpha value is -1.70. The van der Waals surface area contributed by atoms with E-state index in [0.717, 1.165) is 18.7 Å². The lowest BCUT2D eigenvalue weighted by atomic mass is 10.1.